The number of halogens is 1. The van der Waals surface area contributed by atoms with Crippen LogP contribution in [0.5, 0.6) is 0 Å². The van der Waals surface area contributed by atoms with Crippen molar-refractivity contribution in [1.29, 1.82) is 0 Å². The van der Waals surface area contributed by atoms with Crippen molar-refractivity contribution in [1.82, 2.24) is 5.32 Å². The fourth-order valence-electron chi connectivity index (χ4n) is 2.10. The molecule has 0 fully saturated rings. The molecule has 0 aliphatic heterocycles. The van der Waals surface area contributed by atoms with Crippen LogP contribution < -0.4 is 5.32 Å². The van der Waals surface area contributed by atoms with Gasteiger partial charge in [0.25, 0.3) is 5.91 Å². The van der Waals surface area contributed by atoms with E-state index in [4.69, 9.17) is 9.84 Å². The number of hydrogen-bond donors (Lipinski definition) is 2. The number of hydrogen-bond acceptors (Lipinski definition) is 3. The van der Waals surface area contributed by atoms with Crippen LogP contribution in [0.1, 0.15) is 16.8 Å². The lowest BCUT2D eigenvalue weighted by molar-refractivity contribution is 0.0868. The first-order valence-corrected chi connectivity index (χ1v) is 6.88. The summed E-state index contributed by atoms with van der Waals surface area (Å²) in [5.41, 5.74) is 0.461. The van der Waals surface area contributed by atoms with Gasteiger partial charge in [0, 0.05) is 24.1 Å². The molecule has 0 aliphatic rings. The van der Waals surface area contributed by atoms with Crippen LogP contribution in [-0.4, -0.2) is 37.4 Å². The van der Waals surface area contributed by atoms with Crippen LogP contribution in [0.3, 0.4) is 0 Å². The molecule has 2 N–H and O–H groups in total. The van der Waals surface area contributed by atoms with E-state index in [2.05, 4.69) is 5.32 Å². The number of aliphatic hydroxyl groups excluding tert-OH is 1. The maximum absolute atomic E-state index is 13.7. The molecular weight excluding hydrogens is 273 g/mol. The van der Waals surface area contributed by atoms with E-state index < -0.39 is 0 Å². The van der Waals surface area contributed by atoms with Gasteiger partial charge in [-0.1, -0.05) is 24.3 Å². The van der Waals surface area contributed by atoms with E-state index in [1.165, 1.54) is 12.1 Å². The third-order valence-electron chi connectivity index (χ3n) is 3.10. The Kier molecular flexibility index (Phi) is 5.66. The standard InChI is InChI=1S/C16H18FNO3/c17-15-7-6-14(12-4-1-2-5-13(12)15)16(20)18-8-3-10-21-11-9-19/h1-2,4-7,19H,3,8-11H2,(H,18,20). The Morgan fingerprint density at radius 2 is 1.90 bits per heavy atom. The Morgan fingerprint density at radius 1 is 1.14 bits per heavy atom. The summed E-state index contributed by atoms with van der Waals surface area (Å²) in [7, 11) is 0. The monoisotopic (exact) mass is 291 g/mol. The molecule has 0 saturated heterocycles. The summed E-state index contributed by atoms with van der Waals surface area (Å²) < 4.78 is 18.8. The summed E-state index contributed by atoms with van der Waals surface area (Å²) in [4.78, 5) is 12.1. The Labute approximate surface area is 122 Å². The van der Waals surface area contributed by atoms with Gasteiger partial charge in [-0.15, -0.1) is 0 Å². The second-order valence-corrected chi connectivity index (χ2v) is 4.59. The van der Waals surface area contributed by atoms with Gasteiger partial charge < -0.3 is 15.2 Å². The highest BCUT2D eigenvalue weighted by Gasteiger charge is 2.11. The molecule has 0 atom stereocenters. The highest BCUT2D eigenvalue weighted by Crippen LogP contribution is 2.21. The van der Waals surface area contributed by atoms with Gasteiger partial charge in [-0.2, -0.15) is 0 Å². The third kappa shape index (κ3) is 4.00. The number of rotatable bonds is 7. The van der Waals surface area contributed by atoms with E-state index in [0.717, 1.165) is 0 Å². The van der Waals surface area contributed by atoms with E-state index in [1.54, 1.807) is 24.3 Å². The maximum Gasteiger partial charge on any atom is 0.251 e. The van der Waals surface area contributed by atoms with Crippen molar-refractivity contribution in [2.45, 2.75) is 6.42 Å². The van der Waals surface area contributed by atoms with Gasteiger partial charge in [-0.3, -0.25) is 4.79 Å². The largest absolute Gasteiger partial charge is 0.394 e. The lowest BCUT2D eigenvalue weighted by Crippen LogP contribution is -2.25. The first-order valence-electron chi connectivity index (χ1n) is 6.88. The second-order valence-electron chi connectivity index (χ2n) is 4.59. The fourth-order valence-corrected chi connectivity index (χ4v) is 2.10. The number of amides is 1. The smallest absolute Gasteiger partial charge is 0.251 e. The lowest BCUT2D eigenvalue weighted by atomic mass is 10.0. The third-order valence-corrected chi connectivity index (χ3v) is 3.10. The molecule has 0 spiro atoms. The molecular formula is C16H18FNO3. The van der Waals surface area contributed by atoms with E-state index in [1.807, 2.05) is 0 Å². The van der Waals surface area contributed by atoms with E-state index in [-0.39, 0.29) is 18.3 Å². The van der Waals surface area contributed by atoms with Crippen LogP contribution >= 0.6 is 0 Å². The molecule has 0 unspecified atom stereocenters. The molecule has 0 radical (unpaired) electrons. The van der Waals surface area contributed by atoms with Crippen LogP contribution in [0.25, 0.3) is 10.8 Å². The summed E-state index contributed by atoms with van der Waals surface area (Å²) >= 11 is 0. The molecule has 1 amide bonds. The van der Waals surface area contributed by atoms with Crippen molar-refractivity contribution in [3.63, 3.8) is 0 Å². The molecule has 0 bridgehead atoms. The molecule has 2 rings (SSSR count). The number of carbonyl (C=O) groups excluding carboxylic acids is 1. The number of fused-ring (bicyclic) bond motifs is 1. The quantitative estimate of drug-likeness (QED) is 0.768. The average Bonchev–Trinajstić information content (AvgIpc) is 2.51. The minimum atomic E-state index is -0.334. The first kappa shape index (κ1) is 15.4. The van der Waals surface area contributed by atoms with E-state index in [0.29, 0.717) is 42.5 Å². The highest BCUT2D eigenvalue weighted by molar-refractivity contribution is 6.07. The number of nitrogens with one attached hydrogen (secondary N) is 1. The predicted octanol–water partition coefficient (Wildman–Crippen LogP) is 2.11. The van der Waals surface area contributed by atoms with Crippen molar-refractivity contribution < 1.29 is 19.0 Å². The normalized spacial score (nSPS) is 10.8. The Hall–Kier alpha value is -1.98. The minimum Gasteiger partial charge on any atom is -0.394 e. The van der Waals surface area contributed by atoms with Crippen LogP contribution in [0.2, 0.25) is 0 Å². The molecule has 0 aliphatic carbocycles. The molecule has 2 aromatic rings. The number of carbonyl (C=O) groups is 1. The van der Waals surface area contributed by atoms with E-state index >= 15 is 0 Å². The lowest BCUT2D eigenvalue weighted by Gasteiger charge is -2.09. The summed E-state index contributed by atoms with van der Waals surface area (Å²) in [5.74, 6) is -0.562. The van der Waals surface area contributed by atoms with Crippen molar-refractivity contribution in [2.75, 3.05) is 26.4 Å². The molecule has 21 heavy (non-hydrogen) atoms. The van der Waals surface area contributed by atoms with Gasteiger partial charge in [-0.25, -0.2) is 4.39 Å². The van der Waals surface area contributed by atoms with Gasteiger partial charge in [0.15, 0.2) is 0 Å². The molecule has 0 saturated carbocycles. The molecule has 2 aromatic carbocycles. The van der Waals surface area contributed by atoms with Gasteiger partial charge in [0.1, 0.15) is 5.82 Å². The summed E-state index contributed by atoms with van der Waals surface area (Å²) in [5, 5.41) is 12.4. The zero-order valence-electron chi connectivity index (χ0n) is 11.6. The Morgan fingerprint density at radius 3 is 2.67 bits per heavy atom. The van der Waals surface area contributed by atoms with Crippen LogP contribution in [0.4, 0.5) is 4.39 Å². The van der Waals surface area contributed by atoms with Gasteiger partial charge in [0.05, 0.1) is 13.2 Å². The average molecular weight is 291 g/mol. The van der Waals surface area contributed by atoms with E-state index in [9.17, 15) is 9.18 Å². The predicted molar refractivity (Wildman–Crippen MR) is 78.8 cm³/mol. The second kappa shape index (κ2) is 7.71. The summed E-state index contributed by atoms with van der Waals surface area (Å²) in [6.07, 6.45) is 0.658. The van der Waals surface area contributed by atoms with Crippen LogP contribution in [-0.2, 0) is 4.74 Å². The first-order chi connectivity index (χ1) is 10.2. The maximum atomic E-state index is 13.7. The van der Waals surface area contributed by atoms with Gasteiger partial charge >= 0.3 is 0 Å². The van der Waals surface area contributed by atoms with Crippen molar-refractivity contribution >= 4 is 16.7 Å². The molecule has 5 heteroatoms. The molecule has 0 aromatic heterocycles. The van der Waals surface area contributed by atoms with Crippen molar-refractivity contribution in [3.05, 3.63) is 47.8 Å². The van der Waals surface area contributed by atoms with Crippen LogP contribution in [0.15, 0.2) is 36.4 Å². The topological polar surface area (TPSA) is 58.6 Å². The Bertz CT molecular complexity index is 615. The minimum absolute atomic E-state index is 0.00602. The molecule has 112 valence electrons. The molecule has 4 nitrogen and oxygen atoms in total. The van der Waals surface area contributed by atoms with Gasteiger partial charge in [0.2, 0.25) is 0 Å². The fraction of sp³-hybridized carbons (Fsp3) is 0.312. The zero-order valence-corrected chi connectivity index (χ0v) is 11.6. The molecule has 0 heterocycles. The van der Waals surface area contributed by atoms with Crippen LogP contribution in [0, 0.1) is 5.82 Å². The van der Waals surface area contributed by atoms with Gasteiger partial charge in [-0.05, 0) is 23.9 Å². The highest BCUT2D eigenvalue weighted by atomic mass is 19.1. The van der Waals surface area contributed by atoms with Crippen molar-refractivity contribution in [2.24, 2.45) is 0 Å². The SMILES string of the molecule is O=C(NCCCOCCO)c1ccc(F)c2ccccc12. The van der Waals surface area contributed by atoms with Crippen molar-refractivity contribution in [3.8, 4) is 0 Å². The number of benzene rings is 2. The summed E-state index contributed by atoms with van der Waals surface area (Å²) in [6, 6.07) is 9.71. The zero-order chi connectivity index (χ0) is 15.1. The summed E-state index contributed by atoms with van der Waals surface area (Å²) in [6.45, 7) is 1.24. The Balaban J connectivity index is 1.98. The number of ether oxygens (including phenoxy) is 1. The number of aliphatic hydroxyl groups is 1.